The van der Waals surface area contributed by atoms with Crippen LogP contribution in [0.25, 0.3) is 0 Å². The Labute approximate surface area is 158 Å². The molecule has 0 amide bonds. The Bertz CT molecular complexity index is 589. The van der Waals surface area contributed by atoms with Gasteiger partial charge in [0.25, 0.3) is 0 Å². The minimum absolute atomic E-state index is 0.0294. The monoisotopic (exact) mass is 358 g/mol. The summed E-state index contributed by atoms with van der Waals surface area (Å²) in [5.74, 6) is 0. The zero-order chi connectivity index (χ0) is 18.8. The van der Waals surface area contributed by atoms with E-state index in [1.807, 2.05) is 19.3 Å². The van der Waals surface area contributed by atoms with E-state index in [0.717, 1.165) is 31.4 Å². The van der Waals surface area contributed by atoms with Crippen molar-refractivity contribution < 1.29 is 4.74 Å². The number of hydrogen-bond acceptors (Lipinski definition) is 5. The number of hydrogen-bond donors (Lipinski definition) is 3. The predicted molar refractivity (Wildman–Crippen MR) is 110 cm³/mol. The van der Waals surface area contributed by atoms with Crippen molar-refractivity contribution in [1.82, 2.24) is 16.0 Å². The lowest BCUT2D eigenvalue weighted by atomic mass is 9.93. The molecule has 144 valence electrons. The van der Waals surface area contributed by atoms with Crippen molar-refractivity contribution in [3.63, 3.8) is 0 Å². The Hall–Kier alpha value is -1.69. The fraction of sp³-hybridized carbons (Fsp3) is 0.571. The van der Waals surface area contributed by atoms with Crippen molar-refractivity contribution in [3.8, 4) is 0 Å². The second-order valence-corrected chi connectivity index (χ2v) is 6.77. The molecule has 26 heavy (non-hydrogen) atoms. The minimum atomic E-state index is -0.218. The van der Waals surface area contributed by atoms with Crippen LogP contribution in [0.1, 0.15) is 39.5 Å². The van der Waals surface area contributed by atoms with E-state index in [2.05, 4.69) is 54.1 Å². The molecule has 0 aromatic heterocycles. The highest BCUT2D eigenvalue weighted by atomic mass is 16.5. The SMILES string of the molecule is CC/C1=C(\C[C@H](C)NC(OC)C2=NCC=CNC2NC)C/C=C\C=C/C1. The standard InChI is InChI=1S/C21H34N4O/c1-5-17-11-8-6-7-9-12-18(17)15-16(2)25-21(26-4)19-20(22-3)24-14-10-13-23-19/h6-10,14,16,20-22,24-25H,5,11-13,15H2,1-4H3/b8-6-,9-7-,18-17+/t16-,20?,21?/m0/s1. The minimum Gasteiger partial charge on any atom is -0.371 e. The molecule has 5 heteroatoms. The van der Waals surface area contributed by atoms with Gasteiger partial charge in [0.1, 0.15) is 12.4 Å². The topological polar surface area (TPSA) is 57.7 Å². The average Bonchev–Trinajstić information content (AvgIpc) is 2.87. The van der Waals surface area contributed by atoms with E-state index in [-0.39, 0.29) is 12.4 Å². The van der Waals surface area contributed by atoms with Crippen molar-refractivity contribution in [2.24, 2.45) is 4.99 Å². The predicted octanol–water partition coefficient (Wildman–Crippen LogP) is 3.04. The summed E-state index contributed by atoms with van der Waals surface area (Å²) >= 11 is 0. The van der Waals surface area contributed by atoms with Gasteiger partial charge in [-0.05, 0) is 51.9 Å². The Morgan fingerprint density at radius 2 is 1.96 bits per heavy atom. The zero-order valence-electron chi connectivity index (χ0n) is 16.6. The zero-order valence-corrected chi connectivity index (χ0v) is 16.6. The van der Waals surface area contributed by atoms with Crippen LogP contribution in [-0.4, -0.2) is 44.8 Å². The van der Waals surface area contributed by atoms with Crippen LogP contribution in [0.5, 0.6) is 0 Å². The first-order valence-electron chi connectivity index (χ1n) is 9.62. The Balaban J connectivity index is 2.06. The van der Waals surface area contributed by atoms with Gasteiger partial charge in [-0.3, -0.25) is 15.6 Å². The summed E-state index contributed by atoms with van der Waals surface area (Å²) in [6, 6.07) is 0.296. The molecule has 0 radical (unpaired) electrons. The first-order chi connectivity index (χ1) is 12.7. The maximum Gasteiger partial charge on any atom is 0.150 e. The maximum atomic E-state index is 5.74. The molecule has 0 spiro atoms. The molecule has 0 fully saturated rings. The summed E-state index contributed by atoms with van der Waals surface area (Å²) in [7, 11) is 3.66. The van der Waals surface area contributed by atoms with Crippen LogP contribution in [0.3, 0.4) is 0 Å². The van der Waals surface area contributed by atoms with Crippen LogP contribution in [-0.2, 0) is 4.74 Å². The lowest BCUT2D eigenvalue weighted by Gasteiger charge is -2.28. The molecule has 1 aliphatic heterocycles. The van der Waals surface area contributed by atoms with E-state index in [1.54, 1.807) is 12.7 Å². The Kier molecular flexibility index (Phi) is 8.81. The van der Waals surface area contributed by atoms with E-state index in [9.17, 15) is 0 Å². The normalized spacial score (nSPS) is 28.2. The van der Waals surface area contributed by atoms with Crippen LogP contribution in [0, 0.1) is 0 Å². The number of aliphatic imine (C=N–C) groups is 1. The van der Waals surface area contributed by atoms with Crippen molar-refractivity contribution >= 4 is 5.71 Å². The molecule has 0 bridgehead atoms. The summed E-state index contributed by atoms with van der Waals surface area (Å²) in [5, 5.41) is 10.2. The van der Waals surface area contributed by atoms with E-state index < -0.39 is 0 Å². The van der Waals surface area contributed by atoms with Gasteiger partial charge in [-0.2, -0.15) is 0 Å². The van der Waals surface area contributed by atoms with Crippen LogP contribution >= 0.6 is 0 Å². The van der Waals surface area contributed by atoms with Gasteiger partial charge in [-0.15, -0.1) is 0 Å². The number of rotatable bonds is 8. The van der Waals surface area contributed by atoms with E-state index in [1.165, 1.54) is 5.57 Å². The second-order valence-electron chi connectivity index (χ2n) is 6.77. The van der Waals surface area contributed by atoms with Crippen molar-refractivity contribution in [3.05, 3.63) is 47.7 Å². The summed E-state index contributed by atoms with van der Waals surface area (Å²) in [5.41, 5.74) is 4.05. The molecule has 1 heterocycles. The molecule has 3 N–H and O–H groups in total. The molecular weight excluding hydrogens is 324 g/mol. The van der Waals surface area contributed by atoms with Crippen LogP contribution in [0.15, 0.2) is 52.7 Å². The average molecular weight is 359 g/mol. The van der Waals surface area contributed by atoms with Crippen LogP contribution in [0.4, 0.5) is 0 Å². The summed E-state index contributed by atoms with van der Waals surface area (Å²) < 4.78 is 5.74. The number of ether oxygens (including phenoxy) is 1. The smallest absolute Gasteiger partial charge is 0.150 e. The summed E-state index contributed by atoms with van der Waals surface area (Å²) in [6.07, 6.45) is 16.7. The number of nitrogens with zero attached hydrogens (tertiary/aromatic N) is 1. The first-order valence-corrected chi connectivity index (χ1v) is 9.62. The fourth-order valence-corrected chi connectivity index (χ4v) is 3.47. The Morgan fingerprint density at radius 1 is 1.23 bits per heavy atom. The second kappa shape index (κ2) is 11.1. The molecule has 0 saturated carbocycles. The van der Waals surface area contributed by atoms with E-state index >= 15 is 0 Å². The number of methoxy groups -OCH3 is 1. The Morgan fingerprint density at radius 3 is 2.62 bits per heavy atom. The van der Waals surface area contributed by atoms with Gasteiger partial charge in [0.15, 0.2) is 0 Å². The van der Waals surface area contributed by atoms with E-state index in [4.69, 9.17) is 9.73 Å². The summed E-state index contributed by atoms with van der Waals surface area (Å²) in [4.78, 5) is 4.69. The van der Waals surface area contributed by atoms with Gasteiger partial charge >= 0.3 is 0 Å². The largest absolute Gasteiger partial charge is 0.371 e. The fourth-order valence-electron chi connectivity index (χ4n) is 3.47. The molecule has 2 unspecified atom stereocenters. The van der Waals surface area contributed by atoms with Crippen LogP contribution < -0.4 is 16.0 Å². The number of allylic oxidation sites excluding steroid dienone is 5. The van der Waals surface area contributed by atoms with Gasteiger partial charge in [0, 0.05) is 13.2 Å². The third-order valence-electron chi connectivity index (χ3n) is 4.88. The van der Waals surface area contributed by atoms with Crippen LogP contribution in [0.2, 0.25) is 0 Å². The molecule has 0 aromatic rings. The summed E-state index contributed by atoms with van der Waals surface area (Å²) in [6.45, 7) is 5.14. The van der Waals surface area contributed by atoms with Crippen molar-refractivity contribution in [1.29, 1.82) is 0 Å². The molecule has 0 saturated heterocycles. The van der Waals surface area contributed by atoms with Crippen molar-refractivity contribution in [2.75, 3.05) is 20.7 Å². The molecule has 0 aromatic carbocycles. The number of nitrogens with one attached hydrogen (secondary N) is 3. The van der Waals surface area contributed by atoms with Gasteiger partial charge in [0.05, 0.1) is 12.3 Å². The maximum absolute atomic E-state index is 5.74. The highest BCUT2D eigenvalue weighted by molar-refractivity contribution is 5.93. The lowest BCUT2D eigenvalue weighted by molar-refractivity contribution is 0.114. The highest BCUT2D eigenvalue weighted by Crippen LogP contribution is 2.23. The molecule has 1 aliphatic carbocycles. The quantitative estimate of drug-likeness (QED) is 0.461. The van der Waals surface area contributed by atoms with Gasteiger partial charge in [0.2, 0.25) is 0 Å². The van der Waals surface area contributed by atoms with Crippen molar-refractivity contribution in [2.45, 2.75) is 58.0 Å². The molecule has 5 nitrogen and oxygen atoms in total. The molecule has 3 atom stereocenters. The van der Waals surface area contributed by atoms with Gasteiger partial charge < -0.3 is 10.1 Å². The molecule has 2 rings (SSSR count). The lowest BCUT2D eigenvalue weighted by Crippen LogP contribution is -2.55. The highest BCUT2D eigenvalue weighted by Gasteiger charge is 2.25. The molecular formula is C21H34N4O. The van der Waals surface area contributed by atoms with E-state index in [0.29, 0.717) is 12.6 Å². The molecule has 2 aliphatic rings. The van der Waals surface area contributed by atoms with Gasteiger partial charge in [-0.1, -0.05) is 42.4 Å². The van der Waals surface area contributed by atoms with Gasteiger partial charge in [-0.25, -0.2) is 0 Å². The first kappa shape index (κ1) is 20.6. The third-order valence-corrected chi connectivity index (χ3v) is 4.88. The third kappa shape index (κ3) is 5.94.